The summed E-state index contributed by atoms with van der Waals surface area (Å²) in [6.07, 6.45) is 6.49. The van der Waals surface area contributed by atoms with Gasteiger partial charge in [-0.15, -0.1) is 0 Å². The first kappa shape index (κ1) is 8.31. The van der Waals surface area contributed by atoms with Crippen LogP contribution in [0.5, 0.6) is 0 Å². The van der Waals surface area contributed by atoms with Gasteiger partial charge in [-0.25, -0.2) is 0 Å². The molecular weight excluding hydrogens is 172 g/mol. The summed E-state index contributed by atoms with van der Waals surface area (Å²) in [7, 11) is 0. The zero-order chi connectivity index (χ0) is 8.77. The van der Waals surface area contributed by atoms with Crippen molar-refractivity contribution in [1.29, 1.82) is 0 Å². The lowest BCUT2D eigenvalue weighted by atomic mass is 9.62. The molecule has 0 spiro atoms. The Hall–Kier alpha value is -0.300. The lowest BCUT2D eigenvalue weighted by Gasteiger charge is -2.42. The molecular formula is C10H13ClO. The third kappa shape index (κ3) is 0.957. The predicted molar refractivity (Wildman–Crippen MR) is 49.0 cm³/mol. The Labute approximate surface area is 77.8 Å². The van der Waals surface area contributed by atoms with Crippen molar-refractivity contribution in [1.82, 2.24) is 0 Å². The maximum absolute atomic E-state index is 11.3. The second-order valence-corrected chi connectivity index (χ2v) is 4.39. The lowest BCUT2D eigenvalue weighted by molar-refractivity contribution is -0.121. The molecule has 3 aliphatic rings. The van der Waals surface area contributed by atoms with E-state index in [1.165, 1.54) is 5.57 Å². The third-order valence-corrected chi connectivity index (χ3v) is 3.86. The van der Waals surface area contributed by atoms with Gasteiger partial charge in [-0.05, 0) is 50.1 Å². The maximum atomic E-state index is 11.3. The van der Waals surface area contributed by atoms with E-state index in [2.05, 4.69) is 6.08 Å². The van der Waals surface area contributed by atoms with Crippen LogP contribution in [0.15, 0.2) is 11.6 Å². The van der Waals surface area contributed by atoms with Gasteiger partial charge in [0.2, 0.25) is 5.24 Å². The van der Waals surface area contributed by atoms with Crippen LogP contribution in [0, 0.1) is 11.3 Å². The topological polar surface area (TPSA) is 17.1 Å². The van der Waals surface area contributed by atoms with Crippen molar-refractivity contribution in [2.75, 3.05) is 0 Å². The van der Waals surface area contributed by atoms with E-state index in [0.717, 1.165) is 31.6 Å². The molecule has 0 aliphatic heterocycles. The molecule has 66 valence electrons. The quantitative estimate of drug-likeness (QED) is 0.453. The van der Waals surface area contributed by atoms with Gasteiger partial charge in [0.05, 0.1) is 5.41 Å². The number of hydrogen-bond donors (Lipinski definition) is 0. The highest BCUT2D eigenvalue weighted by Crippen LogP contribution is 2.51. The molecule has 1 fully saturated rings. The van der Waals surface area contributed by atoms with Gasteiger partial charge in [-0.1, -0.05) is 11.6 Å². The first-order valence-corrected chi connectivity index (χ1v) is 4.92. The highest BCUT2D eigenvalue weighted by molar-refractivity contribution is 6.65. The van der Waals surface area contributed by atoms with E-state index >= 15 is 0 Å². The number of hydrogen-bond acceptors (Lipinski definition) is 1. The summed E-state index contributed by atoms with van der Waals surface area (Å²) in [5, 5.41) is -0.144. The maximum Gasteiger partial charge on any atom is 0.231 e. The van der Waals surface area contributed by atoms with E-state index < -0.39 is 0 Å². The molecule has 0 unspecified atom stereocenters. The van der Waals surface area contributed by atoms with Crippen LogP contribution in [-0.2, 0) is 4.79 Å². The van der Waals surface area contributed by atoms with Crippen LogP contribution in [0.1, 0.15) is 32.6 Å². The summed E-state index contributed by atoms with van der Waals surface area (Å²) in [4.78, 5) is 11.3. The summed E-state index contributed by atoms with van der Waals surface area (Å²) in [5.74, 6) is 0.725. The number of rotatable bonds is 1. The van der Waals surface area contributed by atoms with Crippen LogP contribution in [0.4, 0.5) is 0 Å². The number of carbonyl (C=O) groups is 1. The summed E-state index contributed by atoms with van der Waals surface area (Å²) in [6.45, 7) is 2.05. The Morgan fingerprint density at radius 1 is 1.58 bits per heavy atom. The Morgan fingerprint density at radius 2 is 2.17 bits per heavy atom. The zero-order valence-electron chi connectivity index (χ0n) is 7.27. The van der Waals surface area contributed by atoms with E-state index in [-0.39, 0.29) is 10.7 Å². The van der Waals surface area contributed by atoms with E-state index in [1.807, 2.05) is 6.92 Å². The normalized spacial score (nSPS) is 39.5. The summed E-state index contributed by atoms with van der Waals surface area (Å²) < 4.78 is 0. The second-order valence-electron chi connectivity index (χ2n) is 4.04. The Bertz CT molecular complexity index is 247. The van der Waals surface area contributed by atoms with Crippen molar-refractivity contribution in [3.63, 3.8) is 0 Å². The van der Waals surface area contributed by atoms with E-state index in [4.69, 9.17) is 11.6 Å². The molecule has 2 bridgehead atoms. The molecule has 3 rings (SSSR count). The molecule has 12 heavy (non-hydrogen) atoms. The minimum Gasteiger partial charge on any atom is -0.280 e. The van der Waals surface area contributed by atoms with Crippen molar-refractivity contribution in [2.24, 2.45) is 11.3 Å². The van der Waals surface area contributed by atoms with Gasteiger partial charge in [0.15, 0.2) is 0 Å². The standard InChI is InChI=1S/C10H13ClO/c1-7-6-8-2-4-10(7,5-3-8)9(11)12/h6,8H,2-5H2,1H3. The van der Waals surface area contributed by atoms with Gasteiger partial charge in [0.1, 0.15) is 0 Å². The largest absolute Gasteiger partial charge is 0.280 e. The number of halogens is 1. The fourth-order valence-electron chi connectivity index (χ4n) is 2.56. The summed E-state index contributed by atoms with van der Waals surface area (Å²) >= 11 is 5.65. The van der Waals surface area contributed by atoms with Crippen LogP contribution in [0.25, 0.3) is 0 Å². The van der Waals surface area contributed by atoms with E-state index in [0.29, 0.717) is 0 Å². The average molecular weight is 185 g/mol. The van der Waals surface area contributed by atoms with Gasteiger partial charge in [-0.3, -0.25) is 4.79 Å². The molecule has 0 atom stereocenters. The summed E-state index contributed by atoms with van der Waals surface area (Å²) in [6, 6.07) is 0. The van der Waals surface area contributed by atoms with Gasteiger partial charge in [0, 0.05) is 0 Å². The van der Waals surface area contributed by atoms with Crippen LogP contribution in [0.2, 0.25) is 0 Å². The van der Waals surface area contributed by atoms with E-state index in [1.54, 1.807) is 0 Å². The molecule has 0 radical (unpaired) electrons. The van der Waals surface area contributed by atoms with Gasteiger partial charge < -0.3 is 0 Å². The van der Waals surface area contributed by atoms with Gasteiger partial charge in [-0.2, -0.15) is 0 Å². The smallest absolute Gasteiger partial charge is 0.231 e. The molecule has 0 N–H and O–H groups in total. The molecule has 0 saturated heterocycles. The molecule has 0 aromatic heterocycles. The fraction of sp³-hybridized carbons (Fsp3) is 0.700. The molecule has 0 amide bonds. The van der Waals surface area contributed by atoms with Crippen molar-refractivity contribution in [2.45, 2.75) is 32.6 Å². The summed E-state index contributed by atoms with van der Waals surface area (Å²) in [5.41, 5.74) is 0.945. The Balaban J connectivity index is 2.41. The van der Waals surface area contributed by atoms with Gasteiger partial charge >= 0.3 is 0 Å². The average Bonchev–Trinajstić information content (AvgIpc) is 2.05. The second kappa shape index (κ2) is 2.59. The molecule has 0 aromatic rings. The van der Waals surface area contributed by atoms with E-state index in [9.17, 15) is 4.79 Å². The van der Waals surface area contributed by atoms with Crippen LogP contribution in [0.3, 0.4) is 0 Å². The highest BCUT2D eigenvalue weighted by Gasteiger charge is 2.45. The third-order valence-electron chi connectivity index (χ3n) is 3.50. The molecule has 1 nitrogen and oxygen atoms in total. The van der Waals surface area contributed by atoms with Crippen LogP contribution in [-0.4, -0.2) is 5.24 Å². The molecule has 3 aliphatic carbocycles. The Morgan fingerprint density at radius 3 is 2.50 bits per heavy atom. The molecule has 2 heteroatoms. The zero-order valence-corrected chi connectivity index (χ0v) is 8.03. The fourth-order valence-corrected chi connectivity index (χ4v) is 2.90. The van der Waals surface area contributed by atoms with Gasteiger partial charge in [0.25, 0.3) is 0 Å². The first-order valence-electron chi connectivity index (χ1n) is 4.54. The SMILES string of the molecule is CC1=CC2CCC1(C(=O)Cl)CC2. The minimum absolute atomic E-state index is 0.144. The molecule has 0 aromatic carbocycles. The van der Waals surface area contributed by atoms with Crippen molar-refractivity contribution < 1.29 is 4.79 Å². The first-order chi connectivity index (χ1) is 5.65. The van der Waals surface area contributed by atoms with Crippen molar-refractivity contribution in [3.8, 4) is 0 Å². The molecule has 1 saturated carbocycles. The van der Waals surface area contributed by atoms with Crippen molar-refractivity contribution >= 4 is 16.8 Å². The molecule has 0 heterocycles. The number of allylic oxidation sites excluding steroid dienone is 2. The Kier molecular flexibility index (Phi) is 1.80. The highest BCUT2D eigenvalue weighted by atomic mass is 35.5. The van der Waals surface area contributed by atoms with Crippen LogP contribution < -0.4 is 0 Å². The number of fused-ring (bicyclic) bond motifs is 2. The van der Waals surface area contributed by atoms with Crippen LogP contribution >= 0.6 is 11.6 Å². The predicted octanol–water partition coefficient (Wildman–Crippen LogP) is 2.89. The van der Waals surface area contributed by atoms with Crippen molar-refractivity contribution in [3.05, 3.63) is 11.6 Å². The lowest BCUT2D eigenvalue weighted by Crippen LogP contribution is -2.37. The number of carbonyl (C=O) groups excluding carboxylic acids is 1. The monoisotopic (exact) mass is 184 g/mol. The minimum atomic E-state index is -0.268.